The number of anilines is 1. The molecule has 0 bridgehead atoms. The molecule has 0 aliphatic rings. The fraction of sp³-hybridized carbons (Fsp3) is 0. The molecule has 0 aliphatic heterocycles. The van der Waals surface area contributed by atoms with Crippen molar-refractivity contribution < 1.29 is 26.7 Å². The summed E-state index contributed by atoms with van der Waals surface area (Å²) in [5.41, 5.74) is -1.87. The Bertz CT molecular complexity index is 709. The normalized spacial score (nSPS) is 10.6. The molecule has 2 nitrogen and oxygen atoms in total. The molecule has 1 amide bonds. The molecule has 2 rings (SSSR count). The Hall–Kier alpha value is -1.96. The van der Waals surface area contributed by atoms with Crippen molar-refractivity contribution in [3.63, 3.8) is 0 Å². The van der Waals surface area contributed by atoms with Gasteiger partial charge in [-0.15, -0.1) is 0 Å². The zero-order valence-corrected chi connectivity index (χ0v) is 11.6. The van der Waals surface area contributed by atoms with Gasteiger partial charge in [0, 0.05) is 6.07 Å². The van der Waals surface area contributed by atoms with Crippen LogP contribution in [0.5, 0.6) is 0 Å². The van der Waals surface area contributed by atoms with E-state index < -0.39 is 46.2 Å². The van der Waals surface area contributed by atoms with Crippen LogP contribution < -0.4 is 5.32 Å². The molecule has 1 N–H and O–H groups in total. The molecular formula is C13H5BrF5NO. The molecule has 0 fully saturated rings. The molecule has 0 heterocycles. The molecule has 8 heteroatoms. The van der Waals surface area contributed by atoms with Gasteiger partial charge >= 0.3 is 0 Å². The van der Waals surface area contributed by atoms with Crippen molar-refractivity contribution >= 4 is 27.5 Å². The molecule has 0 atom stereocenters. The number of hydrogen-bond acceptors (Lipinski definition) is 1. The highest BCUT2D eigenvalue weighted by atomic mass is 79.9. The number of nitrogens with one attached hydrogen (secondary N) is 1. The van der Waals surface area contributed by atoms with Gasteiger partial charge in [0.2, 0.25) is 0 Å². The summed E-state index contributed by atoms with van der Waals surface area (Å²) in [5.74, 6) is -9.16. The molecule has 110 valence electrons. The first-order valence-corrected chi connectivity index (χ1v) is 6.20. The Morgan fingerprint density at radius 2 is 1.52 bits per heavy atom. The Morgan fingerprint density at radius 3 is 2.10 bits per heavy atom. The number of rotatable bonds is 2. The minimum absolute atomic E-state index is 0.0000114. The summed E-state index contributed by atoms with van der Waals surface area (Å²) >= 11 is 2.83. The standard InChI is InChI=1S/C13H5BrF5NO/c14-6-3-1-2-5(9(6)17)13(21)20-12-10(18)7(15)4-8(16)11(12)19/h1-4H,(H,20,21). The highest BCUT2D eigenvalue weighted by Gasteiger charge is 2.22. The minimum atomic E-state index is -1.78. The first-order chi connectivity index (χ1) is 9.82. The van der Waals surface area contributed by atoms with Crippen LogP contribution in [0.15, 0.2) is 28.7 Å². The van der Waals surface area contributed by atoms with E-state index in [1.54, 1.807) is 5.32 Å². The Balaban J connectivity index is 2.43. The van der Waals surface area contributed by atoms with Crippen LogP contribution in [-0.2, 0) is 0 Å². The van der Waals surface area contributed by atoms with Gasteiger partial charge < -0.3 is 5.32 Å². The second-order valence-electron chi connectivity index (χ2n) is 3.90. The van der Waals surface area contributed by atoms with Gasteiger partial charge in [-0.1, -0.05) is 6.07 Å². The van der Waals surface area contributed by atoms with Crippen molar-refractivity contribution in [3.05, 3.63) is 63.4 Å². The Kier molecular flexibility index (Phi) is 4.26. The number of carbonyl (C=O) groups excluding carboxylic acids is 1. The maximum Gasteiger partial charge on any atom is 0.258 e. The fourth-order valence-corrected chi connectivity index (χ4v) is 1.91. The summed E-state index contributed by atoms with van der Waals surface area (Å²) in [6.45, 7) is 0. The van der Waals surface area contributed by atoms with Crippen LogP contribution in [-0.4, -0.2) is 5.91 Å². The predicted octanol–water partition coefficient (Wildman–Crippen LogP) is 4.40. The van der Waals surface area contributed by atoms with Crippen LogP contribution in [0.2, 0.25) is 0 Å². The lowest BCUT2D eigenvalue weighted by Gasteiger charge is -2.10. The highest BCUT2D eigenvalue weighted by Crippen LogP contribution is 2.26. The SMILES string of the molecule is O=C(Nc1c(F)c(F)cc(F)c1F)c1cccc(Br)c1F. The Morgan fingerprint density at radius 1 is 0.952 bits per heavy atom. The molecule has 2 aromatic rings. The van der Waals surface area contributed by atoms with Gasteiger partial charge in [-0.2, -0.15) is 0 Å². The van der Waals surface area contributed by atoms with Crippen LogP contribution in [0.25, 0.3) is 0 Å². The largest absolute Gasteiger partial charge is 0.317 e. The maximum absolute atomic E-state index is 13.7. The summed E-state index contributed by atoms with van der Waals surface area (Å²) in [7, 11) is 0. The zero-order valence-electron chi connectivity index (χ0n) is 9.99. The topological polar surface area (TPSA) is 29.1 Å². The summed E-state index contributed by atoms with van der Waals surface area (Å²) in [4.78, 5) is 11.8. The van der Waals surface area contributed by atoms with Crippen molar-refractivity contribution in [2.45, 2.75) is 0 Å². The number of amides is 1. The summed E-state index contributed by atoms with van der Waals surface area (Å²) in [6, 6.07) is 3.65. The highest BCUT2D eigenvalue weighted by molar-refractivity contribution is 9.10. The van der Waals surface area contributed by atoms with Gasteiger partial charge in [0.1, 0.15) is 11.5 Å². The lowest BCUT2D eigenvalue weighted by atomic mass is 10.2. The monoisotopic (exact) mass is 365 g/mol. The van der Waals surface area contributed by atoms with Crippen LogP contribution in [0.3, 0.4) is 0 Å². The summed E-state index contributed by atoms with van der Waals surface area (Å²) < 4.78 is 66.4. The van der Waals surface area contributed by atoms with Crippen molar-refractivity contribution in [1.29, 1.82) is 0 Å². The molecule has 0 unspecified atom stereocenters. The van der Waals surface area contributed by atoms with E-state index in [4.69, 9.17) is 0 Å². The van der Waals surface area contributed by atoms with Gasteiger partial charge in [-0.25, -0.2) is 22.0 Å². The number of carbonyl (C=O) groups is 1. The van der Waals surface area contributed by atoms with E-state index in [1.807, 2.05) is 0 Å². The number of hydrogen-bond donors (Lipinski definition) is 1. The van der Waals surface area contributed by atoms with E-state index in [1.165, 1.54) is 12.1 Å². The number of benzene rings is 2. The Labute approximate surface area is 123 Å². The molecule has 0 spiro atoms. The molecule has 0 saturated carbocycles. The maximum atomic E-state index is 13.7. The average molecular weight is 366 g/mol. The fourth-order valence-electron chi connectivity index (χ4n) is 1.54. The summed E-state index contributed by atoms with van der Waals surface area (Å²) in [6.07, 6.45) is 0. The first kappa shape index (κ1) is 15.4. The smallest absolute Gasteiger partial charge is 0.258 e. The van der Waals surface area contributed by atoms with Gasteiger partial charge in [-0.05, 0) is 28.1 Å². The predicted molar refractivity (Wildman–Crippen MR) is 68.3 cm³/mol. The molecule has 21 heavy (non-hydrogen) atoms. The second kappa shape index (κ2) is 5.80. The van der Waals surface area contributed by atoms with E-state index in [9.17, 15) is 26.7 Å². The van der Waals surface area contributed by atoms with E-state index in [0.717, 1.165) is 6.07 Å². The van der Waals surface area contributed by atoms with Crippen LogP contribution in [0, 0.1) is 29.1 Å². The molecule has 2 aromatic carbocycles. The first-order valence-electron chi connectivity index (χ1n) is 5.41. The third-order valence-corrected chi connectivity index (χ3v) is 3.16. The van der Waals surface area contributed by atoms with Crippen molar-refractivity contribution in [3.8, 4) is 0 Å². The lowest BCUT2D eigenvalue weighted by Crippen LogP contribution is -2.17. The minimum Gasteiger partial charge on any atom is -0.317 e. The lowest BCUT2D eigenvalue weighted by molar-refractivity contribution is 0.102. The van der Waals surface area contributed by atoms with Crippen LogP contribution in [0.1, 0.15) is 10.4 Å². The molecule has 0 aromatic heterocycles. The van der Waals surface area contributed by atoms with Crippen molar-refractivity contribution in [1.82, 2.24) is 0 Å². The van der Waals surface area contributed by atoms with Gasteiger partial charge in [-0.3, -0.25) is 4.79 Å². The molecule has 0 saturated heterocycles. The quantitative estimate of drug-likeness (QED) is 0.620. The van der Waals surface area contributed by atoms with Gasteiger partial charge in [0.25, 0.3) is 5.91 Å². The third-order valence-electron chi connectivity index (χ3n) is 2.55. The zero-order chi connectivity index (χ0) is 15.7. The van der Waals surface area contributed by atoms with Crippen LogP contribution >= 0.6 is 15.9 Å². The van der Waals surface area contributed by atoms with Gasteiger partial charge in [0.05, 0.1) is 10.0 Å². The van der Waals surface area contributed by atoms with E-state index in [-0.39, 0.29) is 10.5 Å². The molecule has 0 aliphatic carbocycles. The van der Waals surface area contributed by atoms with Gasteiger partial charge in [0.15, 0.2) is 23.3 Å². The molecule has 0 radical (unpaired) electrons. The van der Waals surface area contributed by atoms with E-state index in [2.05, 4.69) is 15.9 Å². The van der Waals surface area contributed by atoms with E-state index in [0.29, 0.717) is 0 Å². The average Bonchev–Trinajstić information content (AvgIpc) is 2.44. The van der Waals surface area contributed by atoms with Crippen molar-refractivity contribution in [2.75, 3.05) is 5.32 Å². The third kappa shape index (κ3) is 2.90. The molecular weight excluding hydrogens is 361 g/mol. The van der Waals surface area contributed by atoms with Crippen molar-refractivity contribution in [2.24, 2.45) is 0 Å². The van der Waals surface area contributed by atoms with Crippen LogP contribution in [0.4, 0.5) is 27.6 Å². The number of halogens is 6. The summed E-state index contributed by atoms with van der Waals surface area (Å²) in [5, 5.41) is 1.61. The van der Waals surface area contributed by atoms with E-state index >= 15 is 0 Å². The second-order valence-corrected chi connectivity index (χ2v) is 4.75.